The Kier molecular flexibility index (Phi) is 5.33. The standard InChI is InChI=1S/C24H26N6O3/c1-3-27-9-11-28(12-10-27)23(31)18-14-19-22(30(20(18)25)15-17-7-5-13-33-17)26-21-16(2)6-4-8-29(21)24(19)32/h4-8,13-14,25H,3,9-12,15H2,1-2H3. The second kappa shape index (κ2) is 8.32. The number of carbonyl (C=O) groups is 1. The van der Waals surface area contributed by atoms with Crippen LogP contribution < -0.4 is 11.0 Å². The topological polar surface area (TPSA) is 99.8 Å². The van der Waals surface area contributed by atoms with Crippen LogP contribution in [0.4, 0.5) is 0 Å². The number of hydrogen-bond acceptors (Lipinski definition) is 6. The Morgan fingerprint density at radius 1 is 1.15 bits per heavy atom. The van der Waals surface area contributed by atoms with Crippen LogP contribution in [0.15, 0.2) is 52.0 Å². The maximum atomic E-state index is 13.5. The maximum absolute atomic E-state index is 13.5. The van der Waals surface area contributed by atoms with Gasteiger partial charge in [-0.25, -0.2) is 4.98 Å². The van der Waals surface area contributed by atoms with Crippen LogP contribution in [0.25, 0.3) is 16.7 Å². The first kappa shape index (κ1) is 21.1. The average Bonchev–Trinajstić information content (AvgIpc) is 3.35. The maximum Gasteiger partial charge on any atom is 0.267 e. The number of fused-ring (bicyclic) bond motifs is 2. The van der Waals surface area contributed by atoms with E-state index in [9.17, 15) is 9.59 Å². The van der Waals surface area contributed by atoms with E-state index in [1.165, 1.54) is 10.5 Å². The fraction of sp³-hybridized carbons (Fsp3) is 0.333. The minimum atomic E-state index is -0.267. The smallest absolute Gasteiger partial charge is 0.267 e. The fourth-order valence-electron chi connectivity index (χ4n) is 4.41. The molecule has 5 heterocycles. The van der Waals surface area contributed by atoms with Gasteiger partial charge in [0.15, 0.2) is 0 Å². The fourth-order valence-corrected chi connectivity index (χ4v) is 4.41. The SMILES string of the molecule is CCN1CCN(C(=O)c2cc3c(=O)n4cccc(C)c4nc3n(Cc3ccco3)c2=N)CC1. The molecule has 0 aliphatic carbocycles. The van der Waals surface area contributed by atoms with E-state index in [4.69, 9.17) is 14.8 Å². The number of nitrogens with zero attached hydrogens (tertiary/aromatic N) is 5. The van der Waals surface area contributed by atoms with Crippen molar-refractivity contribution in [1.82, 2.24) is 23.8 Å². The van der Waals surface area contributed by atoms with Crippen LogP contribution in [0.5, 0.6) is 0 Å². The Hall–Kier alpha value is -3.72. The highest BCUT2D eigenvalue weighted by Gasteiger charge is 2.25. The molecule has 0 atom stereocenters. The van der Waals surface area contributed by atoms with Crippen molar-refractivity contribution >= 4 is 22.6 Å². The van der Waals surface area contributed by atoms with Crippen LogP contribution in [-0.4, -0.2) is 62.4 Å². The minimum absolute atomic E-state index is 0.0201. The quantitative estimate of drug-likeness (QED) is 0.483. The first-order valence-electron chi connectivity index (χ1n) is 11.1. The molecule has 0 bridgehead atoms. The Bertz CT molecular complexity index is 1460. The minimum Gasteiger partial charge on any atom is -0.467 e. The van der Waals surface area contributed by atoms with Crippen LogP contribution in [0.2, 0.25) is 0 Å². The van der Waals surface area contributed by atoms with Gasteiger partial charge in [-0.15, -0.1) is 0 Å². The number of carbonyl (C=O) groups excluding carboxylic acids is 1. The lowest BCUT2D eigenvalue weighted by molar-refractivity contribution is 0.0640. The van der Waals surface area contributed by atoms with E-state index < -0.39 is 0 Å². The van der Waals surface area contributed by atoms with Gasteiger partial charge in [-0.1, -0.05) is 13.0 Å². The molecule has 0 radical (unpaired) electrons. The highest BCUT2D eigenvalue weighted by Crippen LogP contribution is 2.16. The van der Waals surface area contributed by atoms with Gasteiger partial charge in [0.1, 0.15) is 22.5 Å². The number of pyridine rings is 2. The van der Waals surface area contributed by atoms with Crippen molar-refractivity contribution in [2.24, 2.45) is 0 Å². The third-order valence-electron chi connectivity index (χ3n) is 6.36. The van der Waals surface area contributed by atoms with Gasteiger partial charge in [0.2, 0.25) is 0 Å². The molecule has 1 fully saturated rings. The van der Waals surface area contributed by atoms with Crippen molar-refractivity contribution in [2.75, 3.05) is 32.7 Å². The molecular formula is C24H26N6O3. The number of amides is 1. The monoisotopic (exact) mass is 446 g/mol. The Balaban J connectivity index is 1.72. The summed E-state index contributed by atoms with van der Waals surface area (Å²) in [4.78, 5) is 35.7. The van der Waals surface area contributed by atoms with Gasteiger partial charge in [-0.05, 0) is 43.3 Å². The molecule has 5 rings (SSSR count). The molecule has 33 heavy (non-hydrogen) atoms. The van der Waals surface area contributed by atoms with E-state index in [0.717, 1.165) is 25.2 Å². The number of nitrogens with one attached hydrogen (secondary N) is 1. The molecular weight excluding hydrogens is 420 g/mol. The largest absolute Gasteiger partial charge is 0.467 e. The van der Waals surface area contributed by atoms with Crippen molar-refractivity contribution in [3.05, 3.63) is 75.5 Å². The van der Waals surface area contributed by atoms with Gasteiger partial charge in [0, 0.05) is 32.4 Å². The molecule has 4 aromatic rings. The summed E-state index contributed by atoms with van der Waals surface area (Å²) in [5.41, 5.74) is 1.69. The first-order valence-corrected chi connectivity index (χ1v) is 11.1. The lowest BCUT2D eigenvalue weighted by Crippen LogP contribution is -2.49. The molecule has 4 aromatic heterocycles. The van der Waals surface area contributed by atoms with Gasteiger partial charge >= 0.3 is 0 Å². The van der Waals surface area contributed by atoms with E-state index in [1.54, 1.807) is 40.1 Å². The molecule has 9 nitrogen and oxygen atoms in total. The van der Waals surface area contributed by atoms with E-state index in [-0.39, 0.29) is 29.1 Å². The third-order valence-corrected chi connectivity index (χ3v) is 6.36. The van der Waals surface area contributed by atoms with E-state index in [0.29, 0.717) is 35.5 Å². The first-order chi connectivity index (χ1) is 16.0. The van der Waals surface area contributed by atoms with Crippen LogP contribution in [0.3, 0.4) is 0 Å². The molecule has 1 saturated heterocycles. The van der Waals surface area contributed by atoms with Crippen molar-refractivity contribution in [1.29, 1.82) is 5.41 Å². The number of rotatable bonds is 4. The second-order valence-corrected chi connectivity index (χ2v) is 8.34. The highest BCUT2D eigenvalue weighted by atomic mass is 16.3. The third kappa shape index (κ3) is 3.64. The molecule has 1 amide bonds. The lowest BCUT2D eigenvalue weighted by atomic mass is 10.1. The van der Waals surface area contributed by atoms with Gasteiger partial charge in [-0.2, -0.15) is 0 Å². The van der Waals surface area contributed by atoms with Gasteiger partial charge in [0.05, 0.1) is 23.8 Å². The van der Waals surface area contributed by atoms with E-state index >= 15 is 0 Å². The summed E-state index contributed by atoms with van der Waals surface area (Å²) >= 11 is 0. The average molecular weight is 447 g/mol. The lowest BCUT2D eigenvalue weighted by Gasteiger charge is -2.34. The Labute approximate surface area is 190 Å². The summed E-state index contributed by atoms with van der Waals surface area (Å²) in [6, 6.07) is 8.79. The van der Waals surface area contributed by atoms with E-state index in [1.807, 2.05) is 13.0 Å². The van der Waals surface area contributed by atoms with Crippen molar-refractivity contribution in [3.8, 4) is 0 Å². The van der Waals surface area contributed by atoms with Gasteiger partial charge in [0.25, 0.3) is 11.5 Å². The van der Waals surface area contributed by atoms with E-state index in [2.05, 4.69) is 11.8 Å². The summed E-state index contributed by atoms with van der Waals surface area (Å²) in [5, 5.41) is 9.20. The summed E-state index contributed by atoms with van der Waals surface area (Å²) in [6.07, 6.45) is 3.24. The number of furan rings is 1. The predicted octanol–water partition coefficient (Wildman–Crippen LogP) is 1.86. The van der Waals surface area contributed by atoms with Gasteiger partial charge in [-0.3, -0.25) is 19.4 Å². The molecule has 9 heteroatoms. The zero-order chi connectivity index (χ0) is 23.1. The van der Waals surface area contributed by atoms with Crippen molar-refractivity contribution in [2.45, 2.75) is 20.4 Å². The predicted molar refractivity (Wildman–Crippen MR) is 123 cm³/mol. The summed E-state index contributed by atoms with van der Waals surface area (Å²) in [6.45, 7) is 7.91. The van der Waals surface area contributed by atoms with Crippen LogP contribution >= 0.6 is 0 Å². The molecule has 0 spiro atoms. The van der Waals surface area contributed by atoms with Crippen LogP contribution in [0, 0.1) is 12.3 Å². The number of piperazine rings is 1. The van der Waals surface area contributed by atoms with Crippen molar-refractivity contribution in [3.63, 3.8) is 0 Å². The second-order valence-electron chi connectivity index (χ2n) is 8.34. The Morgan fingerprint density at radius 2 is 1.94 bits per heavy atom. The number of aryl methyl sites for hydroxylation is 1. The summed E-state index contributed by atoms with van der Waals surface area (Å²) < 4.78 is 8.60. The van der Waals surface area contributed by atoms with Crippen LogP contribution in [0.1, 0.15) is 28.6 Å². The Morgan fingerprint density at radius 3 is 2.64 bits per heavy atom. The van der Waals surface area contributed by atoms with Crippen LogP contribution in [-0.2, 0) is 6.54 Å². The molecule has 170 valence electrons. The zero-order valence-electron chi connectivity index (χ0n) is 18.7. The molecule has 0 saturated carbocycles. The highest BCUT2D eigenvalue weighted by molar-refractivity contribution is 5.97. The summed E-state index contributed by atoms with van der Waals surface area (Å²) in [5.74, 6) is 0.377. The number of likely N-dealkylation sites (N-methyl/N-ethyl adjacent to an activating group) is 1. The molecule has 0 aromatic carbocycles. The van der Waals surface area contributed by atoms with Gasteiger partial charge < -0.3 is 18.8 Å². The molecule has 1 aliphatic rings. The zero-order valence-corrected chi connectivity index (χ0v) is 18.7. The molecule has 0 unspecified atom stereocenters. The normalized spacial score (nSPS) is 14.9. The van der Waals surface area contributed by atoms with Crippen molar-refractivity contribution < 1.29 is 9.21 Å². The molecule has 1 aliphatic heterocycles. The number of aromatic nitrogens is 3. The number of hydrogen-bond donors (Lipinski definition) is 1. The molecule has 1 N–H and O–H groups in total. The summed E-state index contributed by atoms with van der Waals surface area (Å²) in [7, 11) is 0.